The molecule has 0 aliphatic carbocycles. The van der Waals surface area contributed by atoms with E-state index >= 15 is 0 Å². The van der Waals surface area contributed by atoms with Gasteiger partial charge in [0.25, 0.3) is 0 Å². The first-order chi connectivity index (χ1) is 17.2. The van der Waals surface area contributed by atoms with Gasteiger partial charge in [-0.15, -0.1) is 0 Å². The topological polar surface area (TPSA) is 104 Å². The van der Waals surface area contributed by atoms with Crippen molar-refractivity contribution in [1.82, 2.24) is 4.31 Å². The largest absolute Gasteiger partial charge is 0.465 e. The lowest BCUT2D eigenvalue weighted by Gasteiger charge is -2.32. The van der Waals surface area contributed by atoms with E-state index < -0.39 is 21.9 Å². The Morgan fingerprint density at radius 3 is 2.42 bits per heavy atom. The molecule has 0 N–H and O–H groups in total. The van der Waals surface area contributed by atoms with Crippen LogP contribution in [0.25, 0.3) is 0 Å². The lowest BCUT2D eigenvalue weighted by atomic mass is 9.94. The molecule has 0 unspecified atom stereocenters. The maximum Gasteiger partial charge on any atom is 0.338 e. The molecule has 1 saturated heterocycles. The lowest BCUT2D eigenvalue weighted by Crippen LogP contribution is -2.41. The Kier molecular flexibility index (Phi) is 7.46. The quantitative estimate of drug-likeness (QED) is 0.528. The molecule has 4 rings (SSSR count). The first-order valence-electron chi connectivity index (χ1n) is 12.1. The highest BCUT2D eigenvalue weighted by Crippen LogP contribution is 2.34. The van der Waals surface area contributed by atoms with Crippen molar-refractivity contribution in [3.8, 4) is 0 Å². The molecule has 1 atom stereocenters. The Bertz CT molecular complexity index is 1270. The number of amides is 2. The van der Waals surface area contributed by atoms with Crippen molar-refractivity contribution in [2.75, 3.05) is 43.1 Å². The molecule has 0 spiro atoms. The fourth-order valence-corrected chi connectivity index (χ4v) is 6.47. The number of rotatable bonds is 7. The van der Waals surface area contributed by atoms with Crippen LogP contribution in [0, 0.1) is 5.92 Å². The number of benzene rings is 2. The van der Waals surface area contributed by atoms with Crippen molar-refractivity contribution in [2.45, 2.75) is 38.0 Å². The van der Waals surface area contributed by atoms with Crippen molar-refractivity contribution in [1.29, 1.82) is 0 Å². The number of fused-ring (bicyclic) bond motifs is 1. The minimum atomic E-state index is -3.60. The van der Waals surface area contributed by atoms with Crippen molar-refractivity contribution >= 4 is 39.2 Å². The zero-order valence-corrected chi connectivity index (χ0v) is 21.6. The standard InChI is InChI=1S/C26H31N3O6S/c1-4-27(5-2)36(33,34)20-13-11-19(12-14-20)29-17-18(16-24(29)30)25(31)28-15-7-9-21-22(26(32)35-3)8-6-10-23(21)28/h6,8,10-14,18H,4-5,7,9,15-17H2,1-3H3/t18-/m0/s1. The van der Waals surface area contributed by atoms with E-state index in [0.717, 1.165) is 5.56 Å². The summed E-state index contributed by atoms with van der Waals surface area (Å²) in [5, 5.41) is 0. The van der Waals surface area contributed by atoms with Gasteiger partial charge >= 0.3 is 5.97 Å². The zero-order valence-electron chi connectivity index (χ0n) is 20.8. The van der Waals surface area contributed by atoms with Crippen LogP contribution in [0.3, 0.4) is 0 Å². The number of nitrogens with zero attached hydrogens (tertiary/aromatic N) is 3. The lowest BCUT2D eigenvalue weighted by molar-refractivity contribution is -0.124. The Morgan fingerprint density at radius 2 is 1.78 bits per heavy atom. The van der Waals surface area contributed by atoms with E-state index in [1.54, 1.807) is 43.0 Å². The predicted molar refractivity (Wildman–Crippen MR) is 135 cm³/mol. The number of sulfonamides is 1. The molecule has 0 saturated carbocycles. The third-order valence-electron chi connectivity index (χ3n) is 6.89. The van der Waals surface area contributed by atoms with E-state index in [2.05, 4.69) is 0 Å². The van der Waals surface area contributed by atoms with Gasteiger partial charge in [-0.1, -0.05) is 19.9 Å². The molecule has 2 aliphatic rings. The molecule has 2 aromatic carbocycles. The van der Waals surface area contributed by atoms with Crippen LogP contribution in [0.15, 0.2) is 47.4 Å². The van der Waals surface area contributed by atoms with Crippen molar-refractivity contribution in [3.63, 3.8) is 0 Å². The third-order valence-corrected chi connectivity index (χ3v) is 8.95. The monoisotopic (exact) mass is 513 g/mol. The number of ether oxygens (including phenoxy) is 1. The second-order valence-electron chi connectivity index (χ2n) is 8.88. The van der Waals surface area contributed by atoms with Gasteiger partial charge in [-0.05, 0) is 54.8 Å². The number of esters is 1. The summed E-state index contributed by atoms with van der Waals surface area (Å²) in [6.45, 7) is 5.03. The van der Waals surface area contributed by atoms with Crippen LogP contribution in [0.2, 0.25) is 0 Å². The molecule has 0 bridgehead atoms. The van der Waals surface area contributed by atoms with Gasteiger partial charge in [-0.25, -0.2) is 13.2 Å². The zero-order chi connectivity index (χ0) is 26.0. The maximum absolute atomic E-state index is 13.5. The molecule has 2 aliphatic heterocycles. The Morgan fingerprint density at radius 1 is 1.08 bits per heavy atom. The summed E-state index contributed by atoms with van der Waals surface area (Å²) < 4.78 is 31.8. The van der Waals surface area contributed by atoms with Gasteiger partial charge in [0, 0.05) is 44.0 Å². The highest BCUT2D eigenvalue weighted by molar-refractivity contribution is 7.89. The van der Waals surface area contributed by atoms with Crippen molar-refractivity contribution in [3.05, 3.63) is 53.6 Å². The summed E-state index contributed by atoms with van der Waals surface area (Å²) in [6.07, 6.45) is 1.45. The van der Waals surface area contributed by atoms with Gasteiger partial charge in [-0.3, -0.25) is 9.59 Å². The number of methoxy groups -OCH3 is 1. The Labute approximate surface area is 211 Å². The molecule has 1 fully saturated rings. The van der Waals surface area contributed by atoms with Crippen molar-refractivity contribution < 1.29 is 27.5 Å². The molecule has 0 radical (unpaired) electrons. The molecule has 0 aromatic heterocycles. The van der Waals surface area contributed by atoms with E-state index in [1.165, 1.54) is 28.4 Å². The molecule has 2 heterocycles. The van der Waals surface area contributed by atoms with Crippen LogP contribution in [0.1, 0.15) is 42.6 Å². The third kappa shape index (κ3) is 4.62. The van der Waals surface area contributed by atoms with Crippen LogP contribution in [-0.4, -0.2) is 63.8 Å². The van der Waals surface area contributed by atoms with Crippen LogP contribution in [0.4, 0.5) is 11.4 Å². The summed E-state index contributed by atoms with van der Waals surface area (Å²) in [5.74, 6) is -1.32. The van der Waals surface area contributed by atoms with Gasteiger partial charge in [0.05, 0.1) is 23.5 Å². The van der Waals surface area contributed by atoms with Gasteiger partial charge in [0.2, 0.25) is 21.8 Å². The number of anilines is 2. The smallest absolute Gasteiger partial charge is 0.338 e. The molecule has 2 amide bonds. The molecular weight excluding hydrogens is 482 g/mol. The predicted octanol–water partition coefficient (Wildman–Crippen LogP) is 2.84. The first-order valence-corrected chi connectivity index (χ1v) is 13.6. The summed E-state index contributed by atoms with van der Waals surface area (Å²) in [4.78, 5) is 41.9. The summed E-state index contributed by atoms with van der Waals surface area (Å²) >= 11 is 0. The second kappa shape index (κ2) is 10.4. The van der Waals surface area contributed by atoms with Crippen LogP contribution < -0.4 is 9.80 Å². The van der Waals surface area contributed by atoms with Crippen molar-refractivity contribution in [2.24, 2.45) is 5.92 Å². The van der Waals surface area contributed by atoms with Gasteiger partial charge < -0.3 is 14.5 Å². The van der Waals surface area contributed by atoms with Crippen LogP contribution >= 0.6 is 0 Å². The fourth-order valence-electron chi connectivity index (χ4n) is 5.01. The highest BCUT2D eigenvalue weighted by atomic mass is 32.2. The number of carbonyl (C=O) groups is 3. The van der Waals surface area contributed by atoms with Gasteiger partial charge in [0.15, 0.2) is 0 Å². The van der Waals surface area contributed by atoms with Crippen LogP contribution in [0.5, 0.6) is 0 Å². The molecule has 36 heavy (non-hydrogen) atoms. The van der Waals surface area contributed by atoms with Crippen LogP contribution in [-0.2, 0) is 30.8 Å². The molecule has 2 aromatic rings. The van der Waals surface area contributed by atoms with E-state index in [9.17, 15) is 22.8 Å². The van der Waals surface area contributed by atoms with Gasteiger partial charge in [-0.2, -0.15) is 4.31 Å². The maximum atomic E-state index is 13.5. The first kappa shape index (κ1) is 25.8. The molecule has 10 heteroatoms. The average Bonchev–Trinajstić information content (AvgIpc) is 3.29. The molecule has 192 valence electrons. The fraction of sp³-hybridized carbons (Fsp3) is 0.423. The highest BCUT2D eigenvalue weighted by Gasteiger charge is 2.39. The molecular formula is C26H31N3O6S. The SMILES string of the molecule is CCN(CC)S(=O)(=O)c1ccc(N2C[C@@H](C(=O)N3CCCc4c(C(=O)OC)cccc43)CC2=O)cc1. The minimum Gasteiger partial charge on any atom is -0.465 e. The van der Waals surface area contributed by atoms with E-state index in [4.69, 9.17) is 4.74 Å². The van der Waals surface area contributed by atoms with E-state index in [1.807, 2.05) is 6.07 Å². The van der Waals surface area contributed by atoms with E-state index in [-0.39, 0.29) is 29.7 Å². The second-order valence-corrected chi connectivity index (χ2v) is 10.8. The summed E-state index contributed by atoms with van der Waals surface area (Å²) in [6, 6.07) is 11.5. The Hall–Kier alpha value is -3.24. The average molecular weight is 514 g/mol. The normalized spacial score (nSPS) is 17.9. The van der Waals surface area contributed by atoms with E-state index in [0.29, 0.717) is 49.4 Å². The summed E-state index contributed by atoms with van der Waals surface area (Å²) in [5.41, 5.74) is 2.48. The van der Waals surface area contributed by atoms with Gasteiger partial charge in [0.1, 0.15) is 0 Å². The molecule has 9 nitrogen and oxygen atoms in total. The number of hydrogen-bond donors (Lipinski definition) is 0. The summed E-state index contributed by atoms with van der Waals surface area (Å²) in [7, 11) is -2.27. The minimum absolute atomic E-state index is 0.0703. The Balaban J connectivity index is 1.53. The number of hydrogen-bond acceptors (Lipinski definition) is 6. The number of carbonyl (C=O) groups excluding carboxylic acids is 3.